The van der Waals surface area contributed by atoms with Gasteiger partial charge < -0.3 is 5.32 Å². The van der Waals surface area contributed by atoms with Crippen LogP contribution < -0.4 is 5.32 Å². The van der Waals surface area contributed by atoms with Crippen molar-refractivity contribution in [3.8, 4) is 0 Å². The third kappa shape index (κ3) is 3.50. The van der Waals surface area contributed by atoms with Gasteiger partial charge in [-0.15, -0.1) is 0 Å². The zero-order valence-corrected chi connectivity index (χ0v) is 10.8. The van der Waals surface area contributed by atoms with Gasteiger partial charge in [0.1, 0.15) is 5.82 Å². The zero-order chi connectivity index (χ0) is 14.8. The Hall–Kier alpha value is -2.04. The Balaban J connectivity index is 2.18. The number of hydrogen-bond acceptors (Lipinski definition) is 1. The minimum absolute atomic E-state index is 0.131. The van der Waals surface area contributed by atoms with Gasteiger partial charge >= 0.3 is 6.18 Å². The molecule has 0 amide bonds. The van der Waals surface area contributed by atoms with Crippen molar-refractivity contribution in [1.82, 2.24) is 0 Å². The molecule has 0 heterocycles. The number of rotatable bonds is 3. The van der Waals surface area contributed by atoms with Gasteiger partial charge in [0.15, 0.2) is 0 Å². The Labute approximate surface area is 114 Å². The maximum absolute atomic E-state index is 13.2. The lowest BCUT2D eigenvalue weighted by molar-refractivity contribution is -0.137. The van der Waals surface area contributed by atoms with E-state index in [0.717, 1.165) is 23.4 Å². The van der Waals surface area contributed by atoms with Crippen molar-refractivity contribution >= 4 is 5.69 Å². The van der Waals surface area contributed by atoms with Crippen LogP contribution in [0.25, 0.3) is 0 Å². The van der Waals surface area contributed by atoms with Gasteiger partial charge in [0.05, 0.1) is 5.56 Å². The van der Waals surface area contributed by atoms with Crippen molar-refractivity contribution in [3.63, 3.8) is 0 Å². The first-order valence-corrected chi connectivity index (χ1v) is 6.02. The van der Waals surface area contributed by atoms with Crippen LogP contribution in [0.3, 0.4) is 0 Å². The topological polar surface area (TPSA) is 12.0 Å². The van der Waals surface area contributed by atoms with E-state index in [1.807, 2.05) is 31.2 Å². The van der Waals surface area contributed by atoms with Crippen molar-refractivity contribution in [2.75, 3.05) is 5.32 Å². The minimum atomic E-state index is -4.54. The van der Waals surface area contributed by atoms with Crippen LogP contribution in [-0.4, -0.2) is 0 Å². The molecule has 20 heavy (non-hydrogen) atoms. The smallest absolute Gasteiger partial charge is 0.381 e. The number of hydrogen-bond donors (Lipinski definition) is 1. The minimum Gasteiger partial charge on any atom is -0.381 e. The molecule has 2 rings (SSSR count). The maximum atomic E-state index is 13.2. The molecule has 106 valence electrons. The van der Waals surface area contributed by atoms with E-state index in [1.165, 1.54) is 0 Å². The van der Waals surface area contributed by atoms with Gasteiger partial charge in [-0.2, -0.15) is 13.2 Å². The lowest BCUT2D eigenvalue weighted by Crippen LogP contribution is -2.08. The summed E-state index contributed by atoms with van der Waals surface area (Å²) in [6.07, 6.45) is -4.54. The molecule has 0 spiro atoms. The highest BCUT2D eigenvalue weighted by Gasteiger charge is 2.31. The summed E-state index contributed by atoms with van der Waals surface area (Å²) in [5.74, 6) is -0.888. The normalized spacial score (nSPS) is 11.4. The van der Waals surface area contributed by atoms with Crippen molar-refractivity contribution in [2.45, 2.75) is 19.6 Å². The van der Waals surface area contributed by atoms with Crippen molar-refractivity contribution in [1.29, 1.82) is 0 Å². The SMILES string of the molecule is Cc1ccccc1NCc1cc(F)cc(C(F)(F)F)c1. The monoisotopic (exact) mass is 283 g/mol. The second kappa shape index (κ2) is 5.53. The molecule has 0 aliphatic carbocycles. The molecule has 0 unspecified atom stereocenters. The summed E-state index contributed by atoms with van der Waals surface area (Å²) in [4.78, 5) is 0. The highest BCUT2D eigenvalue weighted by atomic mass is 19.4. The third-order valence-electron chi connectivity index (χ3n) is 2.91. The second-order valence-corrected chi connectivity index (χ2v) is 4.51. The zero-order valence-electron chi connectivity index (χ0n) is 10.8. The van der Waals surface area contributed by atoms with Crippen molar-refractivity contribution < 1.29 is 17.6 Å². The van der Waals surface area contributed by atoms with E-state index in [-0.39, 0.29) is 12.1 Å². The molecule has 0 aromatic heterocycles. The van der Waals surface area contributed by atoms with Crippen LogP contribution in [0.2, 0.25) is 0 Å². The molecule has 2 aromatic rings. The highest BCUT2D eigenvalue weighted by Crippen LogP contribution is 2.30. The standard InChI is InChI=1S/C15H13F4N/c1-10-4-2-3-5-14(10)20-9-11-6-12(15(17,18)19)8-13(16)7-11/h2-8,20H,9H2,1H3. The molecule has 0 bridgehead atoms. The number of halogens is 4. The van der Waals surface area contributed by atoms with Crippen LogP contribution in [0.1, 0.15) is 16.7 Å². The Morgan fingerprint density at radius 1 is 1.05 bits per heavy atom. The van der Waals surface area contributed by atoms with E-state index >= 15 is 0 Å². The Bertz CT molecular complexity index is 605. The molecule has 5 heteroatoms. The Morgan fingerprint density at radius 3 is 2.40 bits per heavy atom. The highest BCUT2D eigenvalue weighted by molar-refractivity contribution is 5.50. The molecule has 0 saturated carbocycles. The molecule has 0 aliphatic heterocycles. The van der Waals surface area contributed by atoms with Crippen LogP contribution >= 0.6 is 0 Å². The molecule has 0 atom stereocenters. The third-order valence-corrected chi connectivity index (χ3v) is 2.91. The van der Waals surface area contributed by atoms with E-state index < -0.39 is 17.6 Å². The summed E-state index contributed by atoms with van der Waals surface area (Å²) in [5.41, 5.74) is 1.06. The molecule has 0 aliphatic rings. The van der Waals surface area contributed by atoms with E-state index in [1.54, 1.807) is 0 Å². The van der Waals surface area contributed by atoms with Gasteiger partial charge in [-0.1, -0.05) is 18.2 Å². The summed E-state index contributed by atoms with van der Waals surface area (Å²) in [6.45, 7) is 2.01. The molecule has 0 saturated heterocycles. The van der Waals surface area contributed by atoms with Gasteiger partial charge in [0, 0.05) is 12.2 Å². The van der Waals surface area contributed by atoms with Gasteiger partial charge in [-0.25, -0.2) is 4.39 Å². The fraction of sp³-hybridized carbons (Fsp3) is 0.200. The Morgan fingerprint density at radius 2 is 1.75 bits per heavy atom. The first-order valence-electron chi connectivity index (χ1n) is 6.02. The van der Waals surface area contributed by atoms with Crippen LogP contribution in [0.4, 0.5) is 23.2 Å². The van der Waals surface area contributed by atoms with E-state index in [9.17, 15) is 17.6 Å². The van der Waals surface area contributed by atoms with Crippen LogP contribution in [0.15, 0.2) is 42.5 Å². The van der Waals surface area contributed by atoms with Gasteiger partial charge in [0.25, 0.3) is 0 Å². The summed E-state index contributed by atoms with van der Waals surface area (Å²) >= 11 is 0. The Kier molecular flexibility index (Phi) is 3.97. The molecule has 0 radical (unpaired) electrons. The van der Waals surface area contributed by atoms with Crippen LogP contribution in [0.5, 0.6) is 0 Å². The predicted octanol–water partition coefficient (Wildman–Crippen LogP) is 4.77. The van der Waals surface area contributed by atoms with Crippen LogP contribution in [0, 0.1) is 12.7 Å². The van der Waals surface area contributed by atoms with Gasteiger partial charge in [0.2, 0.25) is 0 Å². The number of benzene rings is 2. The average Bonchev–Trinajstić information content (AvgIpc) is 2.36. The predicted molar refractivity (Wildman–Crippen MR) is 69.9 cm³/mol. The molecule has 2 aromatic carbocycles. The lowest BCUT2D eigenvalue weighted by Gasteiger charge is -2.12. The molecule has 1 N–H and O–H groups in total. The van der Waals surface area contributed by atoms with E-state index in [0.29, 0.717) is 6.07 Å². The summed E-state index contributed by atoms with van der Waals surface area (Å²) in [5, 5.41) is 3.00. The molecular formula is C15H13F4N. The maximum Gasteiger partial charge on any atom is 0.416 e. The van der Waals surface area contributed by atoms with Crippen molar-refractivity contribution in [2.24, 2.45) is 0 Å². The van der Waals surface area contributed by atoms with Crippen molar-refractivity contribution in [3.05, 3.63) is 65.0 Å². The van der Waals surface area contributed by atoms with E-state index in [2.05, 4.69) is 5.32 Å². The van der Waals surface area contributed by atoms with Crippen LogP contribution in [-0.2, 0) is 12.7 Å². The summed E-state index contributed by atoms with van der Waals surface area (Å²) in [7, 11) is 0. The number of nitrogens with one attached hydrogen (secondary N) is 1. The number of anilines is 1. The summed E-state index contributed by atoms with van der Waals surface area (Å²) in [6, 6.07) is 9.94. The first-order chi connectivity index (χ1) is 9.36. The number of alkyl halides is 3. The van der Waals surface area contributed by atoms with Gasteiger partial charge in [-0.05, 0) is 42.3 Å². The fourth-order valence-electron chi connectivity index (χ4n) is 1.88. The quantitative estimate of drug-likeness (QED) is 0.800. The lowest BCUT2D eigenvalue weighted by atomic mass is 10.1. The summed E-state index contributed by atoms with van der Waals surface area (Å²) < 4.78 is 51.0. The fourth-order valence-corrected chi connectivity index (χ4v) is 1.88. The number of para-hydroxylation sites is 1. The second-order valence-electron chi connectivity index (χ2n) is 4.51. The van der Waals surface area contributed by atoms with E-state index in [4.69, 9.17) is 0 Å². The first kappa shape index (κ1) is 14.4. The average molecular weight is 283 g/mol. The number of aryl methyl sites for hydroxylation is 1. The molecule has 0 fully saturated rings. The molecule has 1 nitrogen and oxygen atoms in total. The molecular weight excluding hydrogens is 270 g/mol. The largest absolute Gasteiger partial charge is 0.416 e. The van der Waals surface area contributed by atoms with Gasteiger partial charge in [-0.3, -0.25) is 0 Å².